The van der Waals surface area contributed by atoms with E-state index in [9.17, 15) is 9.59 Å². The van der Waals surface area contributed by atoms with Gasteiger partial charge in [-0.2, -0.15) is 0 Å². The first-order valence-electron chi connectivity index (χ1n) is 9.18. The molecule has 6 nitrogen and oxygen atoms in total. The summed E-state index contributed by atoms with van der Waals surface area (Å²) < 4.78 is 5.30. The molecular weight excluding hydrogens is 342 g/mol. The van der Waals surface area contributed by atoms with Crippen LogP contribution in [-0.4, -0.2) is 41.9 Å². The predicted molar refractivity (Wildman–Crippen MR) is 104 cm³/mol. The maximum Gasteiger partial charge on any atom is 0.257 e. The van der Waals surface area contributed by atoms with E-state index in [-0.39, 0.29) is 11.8 Å². The number of hydrogen-bond donors (Lipinski definition) is 1. The molecule has 0 atom stereocenters. The first kappa shape index (κ1) is 18.9. The second kappa shape index (κ2) is 8.20. The fourth-order valence-corrected chi connectivity index (χ4v) is 3.19. The van der Waals surface area contributed by atoms with Crippen LogP contribution in [0.4, 0.5) is 5.69 Å². The van der Waals surface area contributed by atoms with E-state index in [2.05, 4.69) is 17.2 Å². The van der Waals surface area contributed by atoms with Crippen molar-refractivity contribution in [3.63, 3.8) is 0 Å². The van der Waals surface area contributed by atoms with Crippen LogP contribution in [0.3, 0.4) is 0 Å². The normalized spacial score (nSPS) is 14.7. The average molecular weight is 367 g/mol. The predicted octanol–water partition coefficient (Wildman–Crippen LogP) is 3.52. The second-order valence-corrected chi connectivity index (χ2v) is 7.09. The van der Waals surface area contributed by atoms with E-state index in [1.807, 2.05) is 24.0 Å². The molecule has 0 saturated carbocycles. The number of anilines is 1. The minimum absolute atomic E-state index is 0.0720. The first-order valence-corrected chi connectivity index (χ1v) is 9.18. The minimum Gasteiger partial charge on any atom is -0.495 e. The van der Waals surface area contributed by atoms with Gasteiger partial charge in [-0.05, 0) is 49.4 Å². The van der Waals surface area contributed by atoms with Crippen LogP contribution in [-0.2, 0) is 0 Å². The third-order valence-electron chi connectivity index (χ3n) is 4.92. The summed E-state index contributed by atoms with van der Waals surface area (Å²) in [5, 5.41) is 2.84. The van der Waals surface area contributed by atoms with E-state index < -0.39 is 0 Å². The lowest BCUT2D eigenvalue weighted by Crippen LogP contribution is -2.38. The number of rotatable bonds is 4. The zero-order valence-electron chi connectivity index (χ0n) is 16.0. The maximum atomic E-state index is 12.7. The van der Waals surface area contributed by atoms with Crippen LogP contribution in [0.15, 0.2) is 36.7 Å². The van der Waals surface area contributed by atoms with Crippen LogP contribution in [0.2, 0.25) is 0 Å². The van der Waals surface area contributed by atoms with E-state index in [4.69, 9.17) is 4.74 Å². The van der Waals surface area contributed by atoms with Gasteiger partial charge in [-0.1, -0.05) is 13.0 Å². The van der Waals surface area contributed by atoms with E-state index in [0.717, 1.165) is 31.5 Å². The molecule has 1 fully saturated rings. The molecule has 0 unspecified atom stereocenters. The standard InChI is InChI=1S/C21H25N3O3/c1-14-6-8-24(9-7-14)21(26)17-11-16(12-22-13-17)20(25)23-18-10-15(2)4-5-19(18)27-3/h4-5,10-14H,6-9H2,1-3H3,(H,23,25). The van der Waals surface area contributed by atoms with Crippen LogP contribution < -0.4 is 10.1 Å². The van der Waals surface area contributed by atoms with E-state index in [1.54, 1.807) is 19.2 Å². The molecule has 142 valence electrons. The van der Waals surface area contributed by atoms with Gasteiger partial charge in [0, 0.05) is 25.5 Å². The number of hydrogen-bond acceptors (Lipinski definition) is 4. The van der Waals surface area contributed by atoms with Crippen molar-refractivity contribution in [2.75, 3.05) is 25.5 Å². The van der Waals surface area contributed by atoms with Gasteiger partial charge in [0.25, 0.3) is 11.8 Å². The molecule has 0 bridgehead atoms. The number of likely N-dealkylation sites (tertiary alicyclic amines) is 1. The van der Waals surface area contributed by atoms with Crippen molar-refractivity contribution in [1.82, 2.24) is 9.88 Å². The van der Waals surface area contributed by atoms with Crippen molar-refractivity contribution in [3.8, 4) is 5.75 Å². The zero-order chi connectivity index (χ0) is 19.4. The molecule has 2 amide bonds. The lowest BCUT2D eigenvalue weighted by molar-refractivity contribution is 0.0697. The molecule has 2 heterocycles. The number of aromatic nitrogens is 1. The summed E-state index contributed by atoms with van der Waals surface area (Å²) in [6.07, 6.45) is 5.00. The van der Waals surface area contributed by atoms with Crippen LogP contribution in [0.1, 0.15) is 46.0 Å². The fourth-order valence-electron chi connectivity index (χ4n) is 3.19. The molecule has 6 heteroatoms. The smallest absolute Gasteiger partial charge is 0.257 e. The van der Waals surface area contributed by atoms with Crippen molar-refractivity contribution in [3.05, 3.63) is 53.3 Å². The third kappa shape index (κ3) is 4.45. The number of carbonyl (C=O) groups excluding carboxylic acids is 2. The molecule has 1 aliphatic heterocycles. The Labute approximate surface area is 159 Å². The van der Waals surface area contributed by atoms with Crippen LogP contribution in [0.25, 0.3) is 0 Å². The molecule has 2 aromatic rings. The Bertz CT molecular complexity index is 842. The monoisotopic (exact) mass is 367 g/mol. The van der Waals surface area contributed by atoms with Crippen LogP contribution >= 0.6 is 0 Å². The molecular formula is C21H25N3O3. The number of nitrogens with one attached hydrogen (secondary N) is 1. The van der Waals surface area contributed by atoms with E-state index in [0.29, 0.717) is 28.5 Å². The number of nitrogens with zero attached hydrogens (tertiary/aromatic N) is 2. The molecule has 1 N–H and O–H groups in total. The highest BCUT2D eigenvalue weighted by Crippen LogP contribution is 2.26. The number of aryl methyl sites for hydroxylation is 1. The lowest BCUT2D eigenvalue weighted by atomic mass is 9.98. The quantitative estimate of drug-likeness (QED) is 0.897. The average Bonchev–Trinajstić information content (AvgIpc) is 2.68. The Morgan fingerprint density at radius 3 is 2.56 bits per heavy atom. The molecule has 1 aliphatic rings. The Kier molecular flexibility index (Phi) is 5.74. The summed E-state index contributed by atoms with van der Waals surface area (Å²) in [5.41, 5.74) is 2.37. The van der Waals surface area contributed by atoms with Gasteiger partial charge in [0.15, 0.2) is 0 Å². The number of ether oxygens (including phenoxy) is 1. The Morgan fingerprint density at radius 1 is 1.15 bits per heavy atom. The number of pyridine rings is 1. The second-order valence-electron chi connectivity index (χ2n) is 7.09. The number of methoxy groups -OCH3 is 1. The minimum atomic E-state index is -0.326. The highest BCUT2D eigenvalue weighted by atomic mass is 16.5. The largest absolute Gasteiger partial charge is 0.495 e. The molecule has 1 aromatic carbocycles. The summed E-state index contributed by atoms with van der Waals surface area (Å²) in [6.45, 7) is 5.64. The SMILES string of the molecule is COc1ccc(C)cc1NC(=O)c1cncc(C(=O)N2CCC(C)CC2)c1. The lowest BCUT2D eigenvalue weighted by Gasteiger charge is -2.30. The van der Waals surface area contributed by atoms with Gasteiger partial charge >= 0.3 is 0 Å². The van der Waals surface area contributed by atoms with Crippen molar-refractivity contribution in [1.29, 1.82) is 0 Å². The molecule has 3 rings (SSSR count). The van der Waals surface area contributed by atoms with E-state index in [1.165, 1.54) is 12.4 Å². The Morgan fingerprint density at radius 2 is 1.85 bits per heavy atom. The van der Waals surface area contributed by atoms with Gasteiger partial charge in [0.2, 0.25) is 0 Å². The molecule has 1 aromatic heterocycles. The first-order chi connectivity index (χ1) is 13.0. The number of benzene rings is 1. The van der Waals surface area contributed by atoms with Crippen LogP contribution in [0, 0.1) is 12.8 Å². The summed E-state index contributed by atoms with van der Waals surface area (Å²) in [5.74, 6) is 0.829. The Balaban J connectivity index is 1.76. The fraction of sp³-hybridized carbons (Fsp3) is 0.381. The van der Waals surface area contributed by atoms with Crippen LogP contribution in [0.5, 0.6) is 5.75 Å². The highest BCUT2D eigenvalue weighted by molar-refractivity contribution is 6.06. The van der Waals surface area contributed by atoms with Gasteiger partial charge in [-0.3, -0.25) is 14.6 Å². The van der Waals surface area contributed by atoms with Crippen molar-refractivity contribution in [2.24, 2.45) is 5.92 Å². The molecule has 27 heavy (non-hydrogen) atoms. The molecule has 0 radical (unpaired) electrons. The Hall–Kier alpha value is -2.89. The topological polar surface area (TPSA) is 71.5 Å². The summed E-state index contributed by atoms with van der Waals surface area (Å²) >= 11 is 0. The number of amides is 2. The van der Waals surface area contributed by atoms with Gasteiger partial charge in [0.1, 0.15) is 5.75 Å². The van der Waals surface area contributed by atoms with Gasteiger partial charge in [0.05, 0.1) is 23.9 Å². The summed E-state index contributed by atoms with van der Waals surface area (Å²) in [6, 6.07) is 7.16. The van der Waals surface area contributed by atoms with Crippen molar-refractivity contribution >= 4 is 17.5 Å². The van der Waals surface area contributed by atoms with Crippen molar-refractivity contribution < 1.29 is 14.3 Å². The maximum absolute atomic E-state index is 12.7. The number of carbonyl (C=O) groups is 2. The van der Waals surface area contributed by atoms with E-state index >= 15 is 0 Å². The zero-order valence-corrected chi connectivity index (χ0v) is 16.0. The molecule has 0 aliphatic carbocycles. The highest BCUT2D eigenvalue weighted by Gasteiger charge is 2.22. The number of piperidine rings is 1. The van der Waals surface area contributed by atoms with Gasteiger partial charge in [-0.15, -0.1) is 0 Å². The van der Waals surface area contributed by atoms with Gasteiger partial charge < -0.3 is 15.0 Å². The summed E-state index contributed by atoms with van der Waals surface area (Å²) in [7, 11) is 1.56. The van der Waals surface area contributed by atoms with Crippen molar-refractivity contribution in [2.45, 2.75) is 26.7 Å². The third-order valence-corrected chi connectivity index (χ3v) is 4.92. The molecule has 0 spiro atoms. The van der Waals surface area contributed by atoms with Gasteiger partial charge in [-0.25, -0.2) is 0 Å². The summed E-state index contributed by atoms with van der Waals surface area (Å²) in [4.78, 5) is 31.3. The molecule has 1 saturated heterocycles.